The molecule has 0 amide bonds. The number of hydrogen-bond acceptors (Lipinski definition) is 7. The number of aromatic nitrogens is 4. The van der Waals surface area contributed by atoms with Gasteiger partial charge in [0, 0.05) is 29.9 Å². The highest BCUT2D eigenvalue weighted by molar-refractivity contribution is 7.91. The zero-order valence-electron chi connectivity index (χ0n) is 20.2. The normalized spacial score (nSPS) is 16.4. The van der Waals surface area contributed by atoms with Gasteiger partial charge in [0.2, 0.25) is 0 Å². The summed E-state index contributed by atoms with van der Waals surface area (Å²) >= 11 is 0.833. The molecule has 6 rings (SSSR count). The summed E-state index contributed by atoms with van der Waals surface area (Å²) in [6.07, 6.45) is 4.68. The van der Waals surface area contributed by atoms with Gasteiger partial charge >= 0.3 is 5.69 Å². The predicted molar refractivity (Wildman–Crippen MR) is 135 cm³/mol. The molecule has 0 radical (unpaired) electrons. The first-order valence-corrected chi connectivity index (χ1v) is 14.0. The lowest BCUT2D eigenvalue weighted by Crippen LogP contribution is -2.40. The Kier molecular flexibility index (Phi) is 5.53. The molecule has 194 valence electrons. The highest BCUT2D eigenvalue weighted by Crippen LogP contribution is 2.37. The number of halogens is 1. The van der Waals surface area contributed by atoms with Crippen molar-refractivity contribution >= 4 is 31.6 Å². The second kappa shape index (κ2) is 8.45. The maximum Gasteiger partial charge on any atom is 0.332 e. The van der Waals surface area contributed by atoms with Gasteiger partial charge in [0.15, 0.2) is 0 Å². The van der Waals surface area contributed by atoms with E-state index in [1.165, 1.54) is 16.7 Å². The van der Waals surface area contributed by atoms with Gasteiger partial charge in [-0.15, -0.1) is 11.3 Å². The summed E-state index contributed by atoms with van der Waals surface area (Å²) < 4.78 is 53.1. The van der Waals surface area contributed by atoms with Crippen molar-refractivity contribution in [3.63, 3.8) is 0 Å². The smallest absolute Gasteiger partial charge is 0.332 e. The van der Waals surface area contributed by atoms with Crippen LogP contribution in [0.1, 0.15) is 42.0 Å². The molecule has 1 saturated carbocycles. The molecular weight excluding hydrogens is 521 g/mol. The van der Waals surface area contributed by atoms with Gasteiger partial charge in [0.1, 0.15) is 14.9 Å². The molecule has 3 aromatic heterocycles. The Bertz CT molecular complexity index is 1800. The minimum Gasteiger partial charge on any atom is -0.372 e. The summed E-state index contributed by atoms with van der Waals surface area (Å²) in [5, 5.41) is 4.17. The summed E-state index contributed by atoms with van der Waals surface area (Å²) in [6, 6.07) is 4.36. The second-order valence-corrected chi connectivity index (χ2v) is 12.9. The van der Waals surface area contributed by atoms with E-state index in [-0.39, 0.29) is 33.1 Å². The monoisotopic (exact) mass is 545 g/mol. The first kappa shape index (κ1) is 24.2. The highest BCUT2D eigenvalue weighted by Gasteiger charge is 2.42. The van der Waals surface area contributed by atoms with Crippen LogP contribution in [0, 0.1) is 5.82 Å². The summed E-state index contributed by atoms with van der Waals surface area (Å²) in [7, 11) is -2.20. The number of benzene rings is 1. The number of fused-ring (bicyclic) bond motifs is 2. The number of rotatable bonds is 7. The molecule has 1 fully saturated rings. The highest BCUT2D eigenvalue weighted by atomic mass is 32.2. The Morgan fingerprint density at radius 3 is 2.54 bits per heavy atom. The van der Waals surface area contributed by atoms with Gasteiger partial charge < -0.3 is 4.74 Å². The number of thiophene rings is 1. The maximum absolute atomic E-state index is 15.0. The molecule has 1 aliphatic carbocycles. The minimum atomic E-state index is -3.92. The summed E-state index contributed by atoms with van der Waals surface area (Å²) in [6.45, 7) is 2.25. The standard InChI is InChI=1S/C24H24FN5O5S2/c1-24(3-4-24)27-37(33,34)20-7-18-21(31)29(10-14-8-26-28(2)9-14)23(32)30(22(18)36-20)11-15-5-16-12-35-13-17(16)6-19(15)25/h5-9,27H,3-4,10-13H2,1-2H3. The molecule has 10 nitrogen and oxygen atoms in total. The molecular formula is C24H24FN5O5S2. The molecule has 0 saturated heterocycles. The van der Waals surface area contributed by atoms with E-state index in [2.05, 4.69) is 9.82 Å². The molecule has 0 spiro atoms. The van der Waals surface area contributed by atoms with Crippen LogP contribution in [0.25, 0.3) is 10.2 Å². The fourth-order valence-electron chi connectivity index (χ4n) is 4.53. The molecule has 1 aromatic carbocycles. The van der Waals surface area contributed by atoms with E-state index in [4.69, 9.17) is 4.74 Å². The van der Waals surface area contributed by atoms with Gasteiger partial charge in [0.25, 0.3) is 15.6 Å². The lowest BCUT2D eigenvalue weighted by molar-refractivity contribution is 0.134. The number of hydrogen-bond donors (Lipinski definition) is 1. The average molecular weight is 546 g/mol. The van der Waals surface area contributed by atoms with Gasteiger partial charge in [-0.05, 0) is 49.1 Å². The van der Waals surface area contributed by atoms with Crippen molar-refractivity contribution in [2.75, 3.05) is 0 Å². The topological polar surface area (TPSA) is 117 Å². The summed E-state index contributed by atoms with van der Waals surface area (Å²) in [5.41, 5.74) is 0.680. The van der Waals surface area contributed by atoms with E-state index in [0.717, 1.165) is 39.9 Å². The predicted octanol–water partition coefficient (Wildman–Crippen LogP) is 2.05. The molecule has 0 bridgehead atoms. The van der Waals surface area contributed by atoms with Crippen molar-refractivity contribution in [3.8, 4) is 0 Å². The number of sulfonamides is 1. The SMILES string of the molecule is Cn1cc(Cn2c(=O)c3cc(S(=O)(=O)NC4(C)CC4)sc3n(Cc3cc4c(cc3F)COC4)c2=O)cn1. The third kappa shape index (κ3) is 4.35. The van der Waals surface area contributed by atoms with E-state index in [9.17, 15) is 18.0 Å². The molecule has 13 heteroatoms. The van der Waals surface area contributed by atoms with Crippen LogP contribution in [-0.2, 0) is 48.1 Å². The molecule has 0 unspecified atom stereocenters. The van der Waals surface area contributed by atoms with Gasteiger partial charge in [-0.2, -0.15) is 5.10 Å². The first-order valence-electron chi connectivity index (χ1n) is 11.7. The van der Waals surface area contributed by atoms with E-state index < -0.39 is 32.6 Å². The summed E-state index contributed by atoms with van der Waals surface area (Å²) in [4.78, 5) is 27.3. The van der Waals surface area contributed by atoms with E-state index in [1.54, 1.807) is 30.2 Å². The molecule has 4 aromatic rings. The van der Waals surface area contributed by atoms with Crippen LogP contribution >= 0.6 is 11.3 Å². The summed E-state index contributed by atoms with van der Waals surface area (Å²) in [5.74, 6) is -0.498. The molecule has 1 aliphatic heterocycles. The third-order valence-corrected chi connectivity index (χ3v) is 10.1. The zero-order chi connectivity index (χ0) is 26.1. The molecule has 0 atom stereocenters. The quantitative estimate of drug-likeness (QED) is 0.380. The van der Waals surface area contributed by atoms with E-state index in [1.807, 2.05) is 6.92 Å². The van der Waals surface area contributed by atoms with Crippen LogP contribution < -0.4 is 16.0 Å². The Morgan fingerprint density at radius 1 is 1.14 bits per heavy atom. The Balaban J connectivity index is 1.53. The van der Waals surface area contributed by atoms with Gasteiger partial charge in [0.05, 0.1) is 37.9 Å². The number of aryl methyl sites for hydroxylation is 1. The third-order valence-electron chi connectivity index (χ3n) is 6.83. The van der Waals surface area contributed by atoms with E-state index >= 15 is 4.39 Å². The van der Waals surface area contributed by atoms with E-state index in [0.29, 0.717) is 18.8 Å². The van der Waals surface area contributed by atoms with Crippen LogP contribution in [0.2, 0.25) is 0 Å². The fraction of sp³-hybridized carbons (Fsp3) is 0.375. The zero-order valence-corrected chi connectivity index (χ0v) is 21.8. The van der Waals surface area contributed by atoms with Crippen LogP contribution in [0.5, 0.6) is 0 Å². The molecule has 37 heavy (non-hydrogen) atoms. The van der Waals surface area contributed by atoms with Crippen LogP contribution in [0.3, 0.4) is 0 Å². The van der Waals surface area contributed by atoms with Crippen LogP contribution in [0.15, 0.2) is 44.4 Å². The van der Waals surface area contributed by atoms with Crippen molar-refractivity contribution in [1.82, 2.24) is 23.6 Å². The van der Waals surface area contributed by atoms with Crippen molar-refractivity contribution < 1.29 is 17.5 Å². The number of ether oxygens (including phenoxy) is 1. The molecule has 2 aliphatic rings. The second-order valence-electron chi connectivity index (χ2n) is 9.94. The Labute approximate surface area is 215 Å². The Hall–Kier alpha value is -3.13. The Morgan fingerprint density at radius 2 is 1.86 bits per heavy atom. The van der Waals surface area contributed by atoms with Gasteiger partial charge in [-0.3, -0.25) is 18.6 Å². The number of nitrogens with one attached hydrogen (secondary N) is 1. The molecule has 1 N–H and O–H groups in total. The lowest BCUT2D eigenvalue weighted by atomic mass is 10.1. The van der Waals surface area contributed by atoms with Crippen LogP contribution in [0.4, 0.5) is 4.39 Å². The largest absolute Gasteiger partial charge is 0.372 e. The van der Waals surface area contributed by atoms with Crippen molar-refractivity contribution in [1.29, 1.82) is 0 Å². The van der Waals surface area contributed by atoms with Crippen molar-refractivity contribution in [3.05, 3.63) is 79.5 Å². The first-order chi connectivity index (χ1) is 17.5. The van der Waals surface area contributed by atoms with Crippen molar-refractivity contribution in [2.24, 2.45) is 7.05 Å². The minimum absolute atomic E-state index is 0.0593. The molecule has 4 heterocycles. The van der Waals surface area contributed by atoms with Crippen molar-refractivity contribution in [2.45, 2.75) is 55.8 Å². The van der Waals surface area contributed by atoms with Gasteiger partial charge in [-0.25, -0.2) is 22.3 Å². The number of nitrogens with zero attached hydrogens (tertiary/aromatic N) is 4. The maximum atomic E-state index is 15.0. The van der Waals surface area contributed by atoms with Crippen LogP contribution in [-0.4, -0.2) is 32.9 Å². The fourth-order valence-corrected chi connectivity index (χ4v) is 7.43. The lowest BCUT2D eigenvalue weighted by Gasteiger charge is -2.13. The van der Waals surface area contributed by atoms with Gasteiger partial charge in [-0.1, -0.05) is 0 Å². The average Bonchev–Trinajstić information content (AvgIpc) is 3.23.